The fraction of sp³-hybridized carbons (Fsp3) is 0.111. The van der Waals surface area contributed by atoms with Gasteiger partial charge in [-0.2, -0.15) is 5.10 Å². The second-order valence-corrected chi connectivity index (χ2v) is 3.70. The molecule has 0 amide bonds. The van der Waals surface area contributed by atoms with Crippen LogP contribution < -0.4 is 0 Å². The molecule has 2 aromatic heterocycles. The van der Waals surface area contributed by atoms with Crippen molar-refractivity contribution < 1.29 is 4.79 Å². The van der Waals surface area contributed by atoms with Crippen molar-refractivity contribution >= 4 is 17.6 Å². The van der Waals surface area contributed by atoms with Crippen LogP contribution in [0, 0.1) is 0 Å². The molecule has 0 spiro atoms. The molecular weight excluding hydrogens is 184 g/mol. The van der Waals surface area contributed by atoms with Crippen LogP contribution in [0.2, 0.25) is 0 Å². The minimum atomic E-state index is 0.749. The Bertz CT molecular complexity index is 430. The lowest BCUT2D eigenvalue weighted by molar-refractivity contribution is 0.112. The summed E-state index contributed by atoms with van der Waals surface area (Å²) < 4.78 is 1.74. The zero-order valence-corrected chi connectivity index (χ0v) is 7.91. The highest BCUT2D eigenvalue weighted by molar-refractivity contribution is 7.12. The largest absolute Gasteiger partial charge is 0.297 e. The number of carbonyl (C=O) groups is 1. The van der Waals surface area contributed by atoms with E-state index in [0.717, 1.165) is 22.3 Å². The van der Waals surface area contributed by atoms with E-state index in [9.17, 15) is 4.79 Å². The summed E-state index contributed by atoms with van der Waals surface area (Å²) in [6, 6.07) is 1.87. The van der Waals surface area contributed by atoms with Gasteiger partial charge in [-0.15, -0.1) is 11.3 Å². The Kier molecular flexibility index (Phi) is 1.98. The van der Waals surface area contributed by atoms with Gasteiger partial charge in [-0.25, -0.2) is 0 Å². The highest BCUT2D eigenvalue weighted by Crippen LogP contribution is 2.23. The molecule has 3 nitrogen and oxygen atoms in total. The SMILES string of the molecule is Cn1cc(-c2csc(C=O)c2)cn1. The second kappa shape index (κ2) is 3.14. The van der Waals surface area contributed by atoms with E-state index in [2.05, 4.69) is 5.10 Å². The number of hydrogen-bond donors (Lipinski definition) is 0. The third-order valence-corrected chi connectivity index (χ3v) is 2.63. The summed E-state index contributed by atoms with van der Waals surface area (Å²) in [4.78, 5) is 11.2. The molecule has 2 heterocycles. The molecule has 0 N–H and O–H groups in total. The van der Waals surface area contributed by atoms with Crippen LogP contribution in [0.5, 0.6) is 0 Å². The van der Waals surface area contributed by atoms with E-state index < -0.39 is 0 Å². The molecule has 0 aliphatic heterocycles. The summed E-state index contributed by atoms with van der Waals surface area (Å²) in [7, 11) is 1.87. The molecular formula is C9H8N2OS. The standard InChI is InChI=1S/C9H8N2OS/c1-11-4-8(3-10-11)7-2-9(5-12)13-6-7/h2-6H,1H3. The average molecular weight is 192 g/mol. The Balaban J connectivity index is 2.40. The molecule has 2 aromatic rings. The molecule has 0 saturated heterocycles. The number of aldehydes is 1. The van der Waals surface area contributed by atoms with Crippen molar-refractivity contribution in [3.8, 4) is 11.1 Å². The maximum atomic E-state index is 10.4. The quantitative estimate of drug-likeness (QED) is 0.682. The van der Waals surface area contributed by atoms with Crippen LogP contribution in [-0.2, 0) is 7.05 Å². The van der Waals surface area contributed by atoms with Gasteiger partial charge in [-0.3, -0.25) is 9.48 Å². The maximum Gasteiger partial charge on any atom is 0.160 e. The predicted octanol–water partition coefficient (Wildman–Crippen LogP) is 1.96. The summed E-state index contributed by atoms with van der Waals surface area (Å²) in [5, 5.41) is 6.02. The molecule has 0 aromatic carbocycles. The molecule has 2 rings (SSSR count). The van der Waals surface area contributed by atoms with Gasteiger partial charge < -0.3 is 0 Å². The molecule has 0 aliphatic rings. The topological polar surface area (TPSA) is 34.9 Å². The lowest BCUT2D eigenvalue weighted by Crippen LogP contribution is -1.83. The number of aromatic nitrogens is 2. The molecule has 0 bridgehead atoms. The van der Waals surface area contributed by atoms with Crippen molar-refractivity contribution in [2.45, 2.75) is 0 Å². The van der Waals surface area contributed by atoms with Crippen molar-refractivity contribution in [1.82, 2.24) is 9.78 Å². The van der Waals surface area contributed by atoms with E-state index in [1.54, 1.807) is 10.9 Å². The predicted molar refractivity (Wildman–Crippen MR) is 51.9 cm³/mol. The van der Waals surface area contributed by atoms with Gasteiger partial charge in [0.25, 0.3) is 0 Å². The molecule has 0 unspecified atom stereocenters. The fourth-order valence-corrected chi connectivity index (χ4v) is 1.85. The van der Waals surface area contributed by atoms with E-state index in [1.807, 2.05) is 24.7 Å². The number of nitrogens with zero attached hydrogens (tertiary/aromatic N) is 2. The van der Waals surface area contributed by atoms with Crippen molar-refractivity contribution in [2.24, 2.45) is 7.05 Å². The Morgan fingerprint density at radius 3 is 2.92 bits per heavy atom. The van der Waals surface area contributed by atoms with Gasteiger partial charge >= 0.3 is 0 Å². The first-order chi connectivity index (χ1) is 6.29. The molecule has 66 valence electrons. The van der Waals surface area contributed by atoms with Gasteiger partial charge in [-0.05, 0) is 17.0 Å². The minimum Gasteiger partial charge on any atom is -0.297 e. The summed E-state index contributed by atoms with van der Waals surface area (Å²) in [6.45, 7) is 0. The fourth-order valence-electron chi connectivity index (χ4n) is 1.14. The van der Waals surface area contributed by atoms with Gasteiger partial charge in [0, 0.05) is 18.8 Å². The third kappa shape index (κ3) is 1.53. The van der Waals surface area contributed by atoms with Crippen LogP contribution in [-0.4, -0.2) is 16.1 Å². The van der Waals surface area contributed by atoms with E-state index >= 15 is 0 Å². The van der Waals surface area contributed by atoms with Crippen molar-refractivity contribution in [3.63, 3.8) is 0 Å². The molecule has 0 fully saturated rings. The summed E-state index contributed by atoms with van der Waals surface area (Å²) in [5.74, 6) is 0. The van der Waals surface area contributed by atoms with E-state index in [-0.39, 0.29) is 0 Å². The average Bonchev–Trinajstić information content (AvgIpc) is 2.71. The smallest absolute Gasteiger partial charge is 0.160 e. The van der Waals surface area contributed by atoms with Crippen LogP contribution >= 0.6 is 11.3 Å². The summed E-state index contributed by atoms with van der Waals surface area (Å²) >= 11 is 1.45. The van der Waals surface area contributed by atoms with E-state index in [1.165, 1.54) is 11.3 Å². The van der Waals surface area contributed by atoms with E-state index in [4.69, 9.17) is 0 Å². The van der Waals surface area contributed by atoms with Crippen LogP contribution in [0.15, 0.2) is 23.8 Å². The minimum absolute atomic E-state index is 0.749. The van der Waals surface area contributed by atoms with Gasteiger partial charge in [0.2, 0.25) is 0 Å². The maximum absolute atomic E-state index is 10.4. The Morgan fingerprint density at radius 1 is 1.54 bits per heavy atom. The van der Waals surface area contributed by atoms with Gasteiger partial charge in [0.05, 0.1) is 11.1 Å². The summed E-state index contributed by atoms with van der Waals surface area (Å²) in [6.07, 6.45) is 4.58. The van der Waals surface area contributed by atoms with Gasteiger partial charge in [-0.1, -0.05) is 0 Å². The number of thiophene rings is 1. The molecule has 13 heavy (non-hydrogen) atoms. The van der Waals surface area contributed by atoms with Crippen molar-refractivity contribution in [2.75, 3.05) is 0 Å². The second-order valence-electron chi connectivity index (χ2n) is 2.76. The molecule has 0 aliphatic carbocycles. The first-order valence-corrected chi connectivity index (χ1v) is 4.70. The van der Waals surface area contributed by atoms with Crippen LogP contribution in [0.4, 0.5) is 0 Å². The zero-order chi connectivity index (χ0) is 9.26. The number of rotatable bonds is 2. The molecule has 0 radical (unpaired) electrons. The van der Waals surface area contributed by atoms with Gasteiger partial charge in [0.1, 0.15) is 0 Å². The number of carbonyl (C=O) groups excluding carboxylic acids is 1. The first-order valence-electron chi connectivity index (χ1n) is 3.82. The summed E-state index contributed by atoms with van der Waals surface area (Å²) in [5.41, 5.74) is 2.10. The first kappa shape index (κ1) is 8.19. The highest BCUT2D eigenvalue weighted by Gasteiger charge is 2.02. The zero-order valence-electron chi connectivity index (χ0n) is 7.10. The highest BCUT2D eigenvalue weighted by atomic mass is 32.1. The monoisotopic (exact) mass is 192 g/mol. The number of hydrogen-bond acceptors (Lipinski definition) is 3. The van der Waals surface area contributed by atoms with Crippen LogP contribution in [0.25, 0.3) is 11.1 Å². The normalized spacial score (nSPS) is 10.2. The van der Waals surface area contributed by atoms with Crippen LogP contribution in [0.1, 0.15) is 9.67 Å². The lowest BCUT2D eigenvalue weighted by atomic mass is 10.2. The van der Waals surface area contributed by atoms with Crippen molar-refractivity contribution in [3.05, 3.63) is 28.7 Å². The molecule has 4 heteroatoms. The Hall–Kier alpha value is -1.42. The van der Waals surface area contributed by atoms with Gasteiger partial charge in [0.15, 0.2) is 6.29 Å². The number of aryl methyl sites for hydroxylation is 1. The van der Waals surface area contributed by atoms with E-state index in [0.29, 0.717) is 0 Å². The third-order valence-electron chi connectivity index (χ3n) is 1.77. The Morgan fingerprint density at radius 2 is 2.38 bits per heavy atom. The van der Waals surface area contributed by atoms with Crippen LogP contribution in [0.3, 0.4) is 0 Å². The lowest BCUT2D eigenvalue weighted by Gasteiger charge is -1.86. The Labute approximate surface area is 79.6 Å². The van der Waals surface area contributed by atoms with Crippen molar-refractivity contribution in [1.29, 1.82) is 0 Å². The molecule has 0 atom stereocenters. The molecule has 0 saturated carbocycles.